The molecular formula is C16H27FN2O2. The second kappa shape index (κ2) is 12.3. The Kier molecular flexibility index (Phi) is 11.4. The highest BCUT2D eigenvalue weighted by Crippen LogP contribution is 2.21. The summed E-state index contributed by atoms with van der Waals surface area (Å²) in [5.41, 5.74) is 5.77. The average molecular weight is 298 g/mol. The van der Waals surface area contributed by atoms with Crippen LogP contribution in [0.2, 0.25) is 0 Å². The fraction of sp³-hybridized carbons (Fsp3) is 0.562. The first-order valence-electron chi connectivity index (χ1n) is 7.43. The molecule has 0 aromatic heterocycles. The molecule has 2 N–H and O–H groups in total. The van der Waals surface area contributed by atoms with Gasteiger partial charge in [0.2, 0.25) is 0 Å². The van der Waals surface area contributed by atoms with E-state index in [4.69, 9.17) is 0 Å². The lowest BCUT2D eigenvalue weighted by Crippen LogP contribution is -2.20. The SMILES string of the molecule is CC.CN.O=C(CC1CCN(Cc2ccccc2)C1)OF. The zero-order chi connectivity index (χ0) is 16.1. The van der Waals surface area contributed by atoms with Crippen LogP contribution >= 0.6 is 0 Å². The van der Waals surface area contributed by atoms with Crippen molar-refractivity contribution >= 4 is 5.97 Å². The van der Waals surface area contributed by atoms with E-state index in [9.17, 15) is 9.32 Å². The molecule has 0 bridgehead atoms. The topological polar surface area (TPSA) is 55.6 Å². The summed E-state index contributed by atoms with van der Waals surface area (Å²) >= 11 is 0. The predicted octanol–water partition coefficient (Wildman–Crippen LogP) is 2.93. The Morgan fingerprint density at radius 2 is 1.95 bits per heavy atom. The van der Waals surface area contributed by atoms with Gasteiger partial charge in [0.1, 0.15) is 0 Å². The lowest BCUT2D eigenvalue weighted by molar-refractivity contribution is -0.184. The van der Waals surface area contributed by atoms with Crippen LogP contribution in [0.4, 0.5) is 4.53 Å². The van der Waals surface area contributed by atoms with Crippen LogP contribution in [0.15, 0.2) is 30.3 Å². The minimum atomic E-state index is -0.753. The van der Waals surface area contributed by atoms with E-state index < -0.39 is 5.97 Å². The van der Waals surface area contributed by atoms with Gasteiger partial charge in [-0.05, 0) is 31.5 Å². The summed E-state index contributed by atoms with van der Waals surface area (Å²) in [6.07, 6.45) is 1.11. The van der Waals surface area contributed by atoms with Crippen LogP contribution < -0.4 is 5.73 Å². The number of halogens is 1. The van der Waals surface area contributed by atoms with Crippen LogP contribution in [0.3, 0.4) is 0 Å². The third kappa shape index (κ3) is 7.78. The Labute approximate surface area is 127 Å². The summed E-state index contributed by atoms with van der Waals surface area (Å²) in [6, 6.07) is 10.2. The van der Waals surface area contributed by atoms with E-state index in [0.717, 1.165) is 26.1 Å². The highest BCUT2D eigenvalue weighted by atomic mass is 19.3. The fourth-order valence-corrected chi connectivity index (χ4v) is 2.33. The molecule has 4 nitrogen and oxygen atoms in total. The first-order valence-corrected chi connectivity index (χ1v) is 7.43. The van der Waals surface area contributed by atoms with Gasteiger partial charge in [0.25, 0.3) is 0 Å². The summed E-state index contributed by atoms with van der Waals surface area (Å²) < 4.78 is 11.6. The molecule has 1 atom stereocenters. The Hall–Kier alpha value is -1.46. The van der Waals surface area contributed by atoms with Crippen molar-refractivity contribution in [2.24, 2.45) is 11.7 Å². The van der Waals surface area contributed by atoms with Crippen LogP contribution in [0.25, 0.3) is 0 Å². The first-order chi connectivity index (χ1) is 10.3. The van der Waals surface area contributed by atoms with Crippen molar-refractivity contribution in [1.29, 1.82) is 0 Å². The maximum absolute atomic E-state index is 11.6. The first kappa shape index (κ1) is 19.5. The van der Waals surface area contributed by atoms with Crippen molar-refractivity contribution in [3.63, 3.8) is 0 Å². The quantitative estimate of drug-likeness (QED) is 0.928. The Morgan fingerprint density at radius 1 is 1.33 bits per heavy atom. The standard InChI is InChI=1S/C13H16FNO2.C2H6.CH5N/c14-17-13(16)8-12-6-7-15(10-12)9-11-4-2-1-3-5-11;2*1-2/h1-5,12H,6-10H2;1-2H3;2H2,1H3. The molecule has 21 heavy (non-hydrogen) atoms. The summed E-state index contributed by atoms with van der Waals surface area (Å²) in [5.74, 6) is -0.529. The number of hydrogen-bond donors (Lipinski definition) is 1. The number of carbonyl (C=O) groups excluding carboxylic acids is 1. The second-order valence-corrected chi connectivity index (χ2v) is 4.53. The molecule has 0 amide bonds. The summed E-state index contributed by atoms with van der Waals surface area (Å²) in [6.45, 7) is 6.69. The number of hydrogen-bond acceptors (Lipinski definition) is 4. The third-order valence-corrected chi connectivity index (χ3v) is 3.16. The minimum absolute atomic E-state index is 0.182. The molecule has 0 radical (unpaired) electrons. The molecule has 1 aromatic carbocycles. The summed E-state index contributed by atoms with van der Waals surface area (Å²) in [4.78, 5) is 16.3. The van der Waals surface area contributed by atoms with E-state index in [1.165, 1.54) is 12.6 Å². The van der Waals surface area contributed by atoms with Crippen molar-refractivity contribution in [3.05, 3.63) is 35.9 Å². The van der Waals surface area contributed by atoms with Gasteiger partial charge in [0.15, 0.2) is 0 Å². The van der Waals surface area contributed by atoms with Crippen molar-refractivity contribution < 1.29 is 14.3 Å². The van der Waals surface area contributed by atoms with E-state index in [0.29, 0.717) is 0 Å². The highest BCUT2D eigenvalue weighted by molar-refractivity contribution is 5.68. The molecule has 1 aromatic rings. The molecule has 1 saturated heterocycles. The van der Waals surface area contributed by atoms with Crippen LogP contribution in [-0.2, 0) is 16.3 Å². The fourth-order valence-electron chi connectivity index (χ4n) is 2.33. The zero-order valence-electron chi connectivity index (χ0n) is 13.2. The van der Waals surface area contributed by atoms with Crippen molar-refractivity contribution in [2.75, 3.05) is 20.1 Å². The minimum Gasteiger partial charge on any atom is -0.333 e. The van der Waals surface area contributed by atoms with Crippen molar-refractivity contribution in [1.82, 2.24) is 4.90 Å². The van der Waals surface area contributed by atoms with Gasteiger partial charge in [-0.1, -0.05) is 44.2 Å². The molecule has 1 heterocycles. The normalized spacial score (nSPS) is 17.1. The van der Waals surface area contributed by atoms with Crippen molar-refractivity contribution in [2.45, 2.75) is 33.2 Å². The largest absolute Gasteiger partial charge is 0.349 e. The number of benzene rings is 1. The van der Waals surface area contributed by atoms with Crippen LogP contribution in [0.1, 0.15) is 32.3 Å². The maximum atomic E-state index is 11.6. The lowest BCUT2D eigenvalue weighted by Gasteiger charge is -2.15. The van der Waals surface area contributed by atoms with Gasteiger partial charge in [-0.3, -0.25) is 9.84 Å². The van der Waals surface area contributed by atoms with E-state index in [1.54, 1.807) is 0 Å². The van der Waals surface area contributed by atoms with E-state index in [1.807, 2.05) is 32.0 Å². The molecule has 1 unspecified atom stereocenters. The highest BCUT2D eigenvalue weighted by Gasteiger charge is 2.25. The van der Waals surface area contributed by atoms with E-state index in [2.05, 4.69) is 27.7 Å². The average Bonchev–Trinajstić information content (AvgIpc) is 2.99. The Morgan fingerprint density at radius 3 is 2.52 bits per heavy atom. The number of likely N-dealkylation sites (tertiary alicyclic amines) is 1. The van der Waals surface area contributed by atoms with Gasteiger partial charge >= 0.3 is 5.97 Å². The Balaban J connectivity index is 0.000000921. The van der Waals surface area contributed by atoms with Crippen molar-refractivity contribution in [3.8, 4) is 0 Å². The maximum Gasteiger partial charge on any atom is 0.349 e. The smallest absolute Gasteiger partial charge is 0.333 e. The molecule has 2 rings (SSSR count). The van der Waals surface area contributed by atoms with Gasteiger partial charge in [-0.25, -0.2) is 4.79 Å². The van der Waals surface area contributed by atoms with Crippen LogP contribution in [0.5, 0.6) is 0 Å². The molecular weight excluding hydrogens is 271 g/mol. The predicted molar refractivity (Wildman–Crippen MR) is 83.1 cm³/mol. The molecule has 0 aliphatic carbocycles. The second-order valence-electron chi connectivity index (χ2n) is 4.53. The van der Waals surface area contributed by atoms with E-state index >= 15 is 0 Å². The number of nitrogens with zero attached hydrogens (tertiary/aromatic N) is 1. The number of rotatable bonds is 4. The van der Waals surface area contributed by atoms with E-state index in [-0.39, 0.29) is 12.3 Å². The van der Waals surface area contributed by atoms with Gasteiger partial charge in [-0.2, -0.15) is 0 Å². The zero-order valence-corrected chi connectivity index (χ0v) is 13.2. The molecule has 1 aliphatic heterocycles. The van der Waals surface area contributed by atoms with Gasteiger partial charge in [0, 0.05) is 17.6 Å². The molecule has 1 aliphatic rings. The summed E-state index contributed by atoms with van der Waals surface area (Å²) in [5, 5.41) is 0. The van der Waals surface area contributed by atoms with Gasteiger partial charge < -0.3 is 5.73 Å². The van der Waals surface area contributed by atoms with Gasteiger partial charge in [-0.15, -0.1) is 0 Å². The number of carbonyl (C=O) groups is 1. The van der Waals surface area contributed by atoms with Crippen LogP contribution in [0, 0.1) is 5.92 Å². The summed E-state index contributed by atoms with van der Waals surface area (Å²) in [7, 11) is 1.50. The molecule has 5 heteroatoms. The Bertz CT molecular complexity index is 374. The number of nitrogens with two attached hydrogens (primary N) is 1. The monoisotopic (exact) mass is 298 g/mol. The van der Waals surface area contributed by atoms with Gasteiger partial charge in [0.05, 0.1) is 6.42 Å². The van der Waals surface area contributed by atoms with Crippen LogP contribution in [-0.4, -0.2) is 31.0 Å². The third-order valence-electron chi connectivity index (χ3n) is 3.16. The molecule has 0 saturated carbocycles. The molecule has 120 valence electrons. The lowest BCUT2D eigenvalue weighted by atomic mass is 10.1. The molecule has 1 fully saturated rings. The molecule has 0 spiro atoms.